The van der Waals surface area contributed by atoms with Crippen LogP contribution < -0.4 is 10.2 Å². The second kappa shape index (κ2) is 8.18. The number of nitrogens with one attached hydrogen (secondary N) is 2. The van der Waals surface area contributed by atoms with E-state index in [0.29, 0.717) is 17.8 Å². The summed E-state index contributed by atoms with van der Waals surface area (Å²) in [4.78, 5) is 19.0. The van der Waals surface area contributed by atoms with E-state index in [1.54, 1.807) is 30.6 Å². The van der Waals surface area contributed by atoms with Crippen LogP contribution in [0, 0.1) is 5.82 Å². The standard InChI is InChI=1S/C24H22FN5O/c25-20-5-1-2-6-22(20)30-13-3-4-18(15-30)27-24(31)17-7-8-21-19(14-17)23(29-28-21)16-9-11-26-12-10-16/h1-2,5-12,14,18H,3-4,13,15H2,(H,27,31)(H,28,29)/t18-/m1/s1. The van der Waals surface area contributed by atoms with Gasteiger partial charge in [-0.25, -0.2) is 4.39 Å². The molecule has 1 aliphatic rings. The molecule has 2 N–H and O–H groups in total. The third kappa shape index (κ3) is 3.86. The fourth-order valence-electron chi connectivity index (χ4n) is 4.18. The van der Waals surface area contributed by atoms with Crippen molar-refractivity contribution in [3.63, 3.8) is 0 Å². The first-order valence-corrected chi connectivity index (χ1v) is 10.4. The van der Waals surface area contributed by atoms with Crippen molar-refractivity contribution < 1.29 is 9.18 Å². The van der Waals surface area contributed by atoms with Crippen LogP contribution in [-0.2, 0) is 0 Å². The smallest absolute Gasteiger partial charge is 0.251 e. The maximum Gasteiger partial charge on any atom is 0.251 e. The van der Waals surface area contributed by atoms with E-state index in [4.69, 9.17) is 0 Å². The number of carbonyl (C=O) groups excluding carboxylic acids is 1. The highest BCUT2D eigenvalue weighted by Gasteiger charge is 2.24. The maximum absolute atomic E-state index is 14.2. The van der Waals surface area contributed by atoms with Crippen LogP contribution in [0.1, 0.15) is 23.2 Å². The van der Waals surface area contributed by atoms with Crippen molar-refractivity contribution in [2.45, 2.75) is 18.9 Å². The highest BCUT2D eigenvalue weighted by atomic mass is 19.1. The molecule has 5 rings (SSSR count). The summed E-state index contributed by atoms with van der Waals surface area (Å²) in [6.45, 7) is 1.37. The van der Waals surface area contributed by atoms with Crippen LogP contribution >= 0.6 is 0 Å². The normalized spacial score (nSPS) is 16.4. The first-order chi connectivity index (χ1) is 15.2. The molecule has 156 valence electrons. The van der Waals surface area contributed by atoms with E-state index < -0.39 is 0 Å². The Morgan fingerprint density at radius 2 is 1.97 bits per heavy atom. The van der Waals surface area contributed by atoms with Crippen molar-refractivity contribution in [3.05, 3.63) is 78.4 Å². The van der Waals surface area contributed by atoms with Crippen molar-refractivity contribution >= 4 is 22.5 Å². The molecule has 4 aromatic rings. The summed E-state index contributed by atoms with van der Waals surface area (Å²) >= 11 is 0. The van der Waals surface area contributed by atoms with Gasteiger partial charge < -0.3 is 10.2 Å². The summed E-state index contributed by atoms with van der Waals surface area (Å²) in [5, 5.41) is 11.4. The SMILES string of the molecule is O=C(N[C@@H]1CCCN(c2ccccc2F)C1)c1ccc2[nH]nc(-c3ccncc3)c2c1. The molecular formula is C24H22FN5O. The second-order valence-corrected chi connectivity index (χ2v) is 7.78. The van der Waals surface area contributed by atoms with Crippen LogP contribution in [0.4, 0.5) is 10.1 Å². The molecule has 0 unspecified atom stereocenters. The fourth-order valence-corrected chi connectivity index (χ4v) is 4.18. The predicted molar refractivity (Wildman–Crippen MR) is 118 cm³/mol. The second-order valence-electron chi connectivity index (χ2n) is 7.78. The average molecular weight is 415 g/mol. The van der Waals surface area contributed by atoms with Gasteiger partial charge in [-0.2, -0.15) is 5.10 Å². The Bertz CT molecular complexity index is 1220. The number of hydrogen-bond acceptors (Lipinski definition) is 4. The number of rotatable bonds is 4. The number of H-pyrrole nitrogens is 1. The Hall–Kier alpha value is -3.74. The number of pyridine rings is 1. The van der Waals surface area contributed by atoms with Gasteiger partial charge in [0.15, 0.2) is 0 Å². The zero-order chi connectivity index (χ0) is 21.2. The summed E-state index contributed by atoms with van der Waals surface area (Å²) < 4.78 is 14.2. The van der Waals surface area contributed by atoms with Crippen molar-refractivity contribution in [2.75, 3.05) is 18.0 Å². The Kier molecular flexibility index (Phi) is 5.08. The molecule has 0 radical (unpaired) electrons. The predicted octanol–water partition coefficient (Wildman–Crippen LogP) is 4.16. The van der Waals surface area contributed by atoms with Crippen LogP contribution in [0.25, 0.3) is 22.2 Å². The van der Waals surface area contributed by atoms with Gasteiger partial charge in [0.05, 0.1) is 11.2 Å². The van der Waals surface area contributed by atoms with Crippen LogP contribution in [0.3, 0.4) is 0 Å². The minimum absolute atomic E-state index is 0.0411. The Balaban J connectivity index is 1.35. The van der Waals surface area contributed by atoms with Gasteiger partial charge in [0.2, 0.25) is 0 Å². The van der Waals surface area contributed by atoms with E-state index in [-0.39, 0.29) is 17.8 Å². The number of carbonyl (C=O) groups is 1. The molecule has 2 aromatic carbocycles. The number of anilines is 1. The topological polar surface area (TPSA) is 73.9 Å². The van der Waals surface area contributed by atoms with E-state index in [0.717, 1.165) is 41.5 Å². The maximum atomic E-state index is 14.2. The first kappa shape index (κ1) is 19.2. The molecule has 7 heteroatoms. The summed E-state index contributed by atoms with van der Waals surface area (Å²) in [5.41, 5.74) is 3.75. The number of benzene rings is 2. The average Bonchev–Trinajstić information content (AvgIpc) is 3.23. The van der Waals surface area contributed by atoms with Crippen molar-refractivity contribution in [1.29, 1.82) is 0 Å². The Morgan fingerprint density at radius 1 is 1.13 bits per heavy atom. The van der Waals surface area contributed by atoms with Gasteiger partial charge in [-0.05, 0) is 55.3 Å². The van der Waals surface area contributed by atoms with E-state index in [1.807, 2.05) is 35.2 Å². The van der Waals surface area contributed by atoms with Crippen LogP contribution in [-0.4, -0.2) is 40.2 Å². The minimum Gasteiger partial charge on any atom is -0.367 e. The third-order valence-corrected chi connectivity index (χ3v) is 5.73. The van der Waals surface area contributed by atoms with Gasteiger partial charge in [0.1, 0.15) is 11.5 Å². The lowest BCUT2D eigenvalue weighted by molar-refractivity contribution is 0.0933. The first-order valence-electron chi connectivity index (χ1n) is 10.4. The van der Waals surface area contributed by atoms with Gasteiger partial charge in [-0.15, -0.1) is 0 Å². The number of halogens is 1. The third-order valence-electron chi connectivity index (χ3n) is 5.73. The van der Waals surface area contributed by atoms with Crippen LogP contribution in [0.2, 0.25) is 0 Å². The molecule has 1 amide bonds. The summed E-state index contributed by atoms with van der Waals surface area (Å²) in [6.07, 6.45) is 5.20. The van der Waals surface area contributed by atoms with Crippen LogP contribution in [0.15, 0.2) is 67.0 Å². The van der Waals surface area contributed by atoms with E-state index in [2.05, 4.69) is 20.5 Å². The van der Waals surface area contributed by atoms with E-state index >= 15 is 0 Å². The fraction of sp³-hybridized carbons (Fsp3) is 0.208. The molecular weight excluding hydrogens is 393 g/mol. The zero-order valence-corrected chi connectivity index (χ0v) is 16.9. The number of aromatic amines is 1. The van der Waals surface area contributed by atoms with Crippen molar-refractivity contribution in [1.82, 2.24) is 20.5 Å². The van der Waals surface area contributed by atoms with Crippen molar-refractivity contribution in [2.24, 2.45) is 0 Å². The molecule has 1 aliphatic heterocycles. The Labute approximate surface area is 179 Å². The number of nitrogens with zero attached hydrogens (tertiary/aromatic N) is 3. The molecule has 1 fully saturated rings. The molecule has 1 saturated heterocycles. The lowest BCUT2D eigenvalue weighted by atomic mass is 10.0. The number of piperidine rings is 1. The largest absolute Gasteiger partial charge is 0.367 e. The number of para-hydroxylation sites is 1. The van der Waals surface area contributed by atoms with Gasteiger partial charge >= 0.3 is 0 Å². The van der Waals surface area contributed by atoms with E-state index in [9.17, 15) is 9.18 Å². The summed E-state index contributed by atoms with van der Waals surface area (Å²) in [6, 6.07) is 16.0. The molecule has 3 heterocycles. The molecule has 2 aromatic heterocycles. The lowest BCUT2D eigenvalue weighted by Gasteiger charge is -2.35. The highest BCUT2D eigenvalue weighted by molar-refractivity contribution is 6.01. The molecule has 0 spiro atoms. The monoisotopic (exact) mass is 415 g/mol. The summed E-state index contributed by atoms with van der Waals surface area (Å²) in [5.74, 6) is -0.368. The van der Waals surface area contributed by atoms with Crippen molar-refractivity contribution in [3.8, 4) is 11.3 Å². The number of aromatic nitrogens is 3. The quantitative estimate of drug-likeness (QED) is 0.525. The number of amides is 1. The molecule has 6 nitrogen and oxygen atoms in total. The van der Waals surface area contributed by atoms with Gasteiger partial charge in [-0.1, -0.05) is 12.1 Å². The van der Waals surface area contributed by atoms with Gasteiger partial charge in [-0.3, -0.25) is 14.9 Å². The van der Waals surface area contributed by atoms with E-state index in [1.165, 1.54) is 6.07 Å². The zero-order valence-electron chi connectivity index (χ0n) is 16.9. The molecule has 0 saturated carbocycles. The van der Waals surface area contributed by atoms with Gasteiger partial charge in [0.25, 0.3) is 5.91 Å². The molecule has 1 atom stereocenters. The highest BCUT2D eigenvalue weighted by Crippen LogP contribution is 2.27. The number of fused-ring (bicyclic) bond motifs is 1. The lowest BCUT2D eigenvalue weighted by Crippen LogP contribution is -2.48. The number of hydrogen-bond donors (Lipinski definition) is 2. The van der Waals surface area contributed by atoms with Crippen LogP contribution in [0.5, 0.6) is 0 Å². The molecule has 0 bridgehead atoms. The molecule has 31 heavy (non-hydrogen) atoms. The summed E-state index contributed by atoms with van der Waals surface area (Å²) in [7, 11) is 0. The molecule has 0 aliphatic carbocycles. The van der Waals surface area contributed by atoms with Gasteiger partial charge in [0, 0.05) is 48.0 Å². The Morgan fingerprint density at radius 3 is 2.81 bits per heavy atom. The minimum atomic E-state index is -0.233.